The summed E-state index contributed by atoms with van der Waals surface area (Å²) < 4.78 is 0. The Morgan fingerprint density at radius 3 is 2.24 bits per heavy atom. The number of nitrogens with one attached hydrogen (secondary N) is 1. The average molecular weight is 240 g/mol. The van der Waals surface area contributed by atoms with Gasteiger partial charge in [-0.05, 0) is 44.2 Å². The van der Waals surface area contributed by atoms with E-state index in [-0.39, 0.29) is 0 Å². The first-order valence-electron chi connectivity index (χ1n) is 7.36. The fraction of sp³-hybridized carbons (Fsp3) is 1.00. The van der Waals surface area contributed by atoms with Gasteiger partial charge >= 0.3 is 0 Å². The summed E-state index contributed by atoms with van der Waals surface area (Å²) in [6.45, 7) is 17.5. The van der Waals surface area contributed by atoms with E-state index in [2.05, 4.69) is 51.8 Å². The molecule has 3 atom stereocenters. The molecule has 3 unspecified atom stereocenters. The second kappa shape index (κ2) is 6.19. The van der Waals surface area contributed by atoms with E-state index in [0.717, 1.165) is 25.0 Å². The Morgan fingerprint density at radius 2 is 1.82 bits per heavy atom. The molecule has 0 radical (unpaired) electrons. The van der Waals surface area contributed by atoms with Gasteiger partial charge in [-0.2, -0.15) is 0 Å². The Morgan fingerprint density at radius 1 is 1.24 bits per heavy atom. The first-order chi connectivity index (χ1) is 7.88. The third-order valence-electron chi connectivity index (χ3n) is 4.26. The molecule has 1 saturated carbocycles. The van der Waals surface area contributed by atoms with Gasteiger partial charge in [0.25, 0.3) is 0 Å². The van der Waals surface area contributed by atoms with Crippen LogP contribution in [0.5, 0.6) is 0 Å². The van der Waals surface area contributed by atoms with Crippen molar-refractivity contribution in [2.24, 2.45) is 11.3 Å². The lowest BCUT2D eigenvalue weighted by molar-refractivity contribution is 0.251. The third kappa shape index (κ3) is 4.59. The monoisotopic (exact) mass is 240 g/mol. The zero-order valence-corrected chi connectivity index (χ0v) is 12.7. The zero-order valence-electron chi connectivity index (χ0n) is 12.7. The number of hydrogen-bond acceptors (Lipinski definition) is 2. The molecule has 0 aromatic heterocycles. The Labute approximate surface area is 108 Å². The summed E-state index contributed by atoms with van der Waals surface area (Å²) in [5.41, 5.74) is 0.534. The molecular formula is C15H32N2. The molecule has 0 amide bonds. The molecule has 0 aromatic carbocycles. The van der Waals surface area contributed by atoms with Crippen LogP contribution in [0.15, 0.2) is 0 Å². The Bertz CT molecular complexity index is 221. The van der Waals surface area contributed by atoms with Gasteiger partial charge in [0.05, 0.1) is 0 Å². The van der Waals surface area contributed by atoms with Crippen molar-refractivity contribution in [2.45, 2.75) is 66.5 Å². The van der Waals surface area contributed by atoms with Crippen LogP contribution in [0.4, 0.5) is 0 Å². The molecule has 1 rings (SSSR count). The lowest BCUT2D eigenvalue weighted by atomic mass is 9.91. The van der Waals surface area contributed by atoms with E-state index in [0.29, 0.717) is 11.5 Å². The smallest absolute Gasteiger partial charge is 0.0169 e. The molecule has 17 heavy (non-hydrogen) atoms. The molecule has 1 fully saturated rings. The molecular weight excluding hydrogens is 208 g/mol. The van der Waals surface area contributed by atoms with Gasteiger partial charge in [0, 0.05) is 18.6 Å². The van der Waals surface area contributed by atoms with E-state index >= 15 is 0 Å². The summed E-state index contributed by atoms with van der Waals surface area (Å²) in [5.74, 6) is 0.823. The van der Waals surface area contributed by atoms with E-state index in [1.165, 1.54) is 19.4 Å². The van der Waals surface area contributed by atoms with Gasteiger partial charge in [0.1, 0.15) is 0 Å². The Balaban J connectivity index is 2.38. The molecule has 1 N–H and O–H groups in total. The van der Waals surface area contributed by atoms with E-state index in [9.17, 15) is 0 Å². The van der Waals surface area contributed by atoms with E-state index < -0.39 is 0 Å². The third-order valence-corrected chi connectivity index (χ3v) is 4.26. The summed E-state index contributed by atoms with van der Waals surface area (Å²) in [5, 5.41) is 3.84. The number of rotatable bonds is 6. The molecule has 2 nitrogen and oxygen atoms in total. The predicted octanol–water partition coefficient (Wildman–Crippen LogP) is 3.13. The first kappa shape index (κ1) is 15.0. The lowest BCUT2D eigenvalue weighted by Gasteiger charge is -2.28. The molecule has 0 saturated heterocycles. The molecule has 0 heterocycles. The molecule has 0 aromatic rings. The van der Waals surface area contributed by atoms with Crippen LogP contribution in [0.2, 0.25) is 0 Å². The van der Waals surface area contributed by atoms with Crippen molar-refractivity contribution in [3.63, 3.8) is 0 Å². The van der Waals surface area contributed by atoms with Gasteiger partial charge in [-0.1, -0.05) is 34.6 Å². The van der Waals surface area contributed by atoms with Gasteiger partial charge in [-0.15, -0.1) is 0 Å². The SMILES string of the molecule is CCN(CC)CC(C)NC1CC(C)(C)CC1C. The second-order valence-electron chi connectivity index (χ2n) is 6.71. The molecule has 0 spiro atoms. The first-order valence-corrected chi connectivity index (χ1v) is 7.36. The molecule has 2 heteroatoms. The summed E-state index contributed by atoms with van der Waals surface area (Å²) in [6, 6.07) is 1.33. The summed E-state index contributed by atoms with van der Waals surface area (Å²) >= 11 is 0. The summed E-state index contributed by atoms with van der Waals surface area (Å²) in [6.07, 6.45) is 2.69. The molecule has 1 aliphatic carbocycles. The minimum Gasteiger partial charge on any atom is -0.310 e. The van der Waals surface area contributed by atoms with Crippen LogP contribution in [0, 0.1) is 11.3 Å². The van der Waals surface area contributed by atoms with Gasteiger partial charge in [-0.3, -0.25) is 0 Å². The van der Waals surface area contributed by atoms with Crippen molar-refractivity contribution < 1.29 is 0 Å². The van der Waals surface area contributed by atoms with E-state index in [1.54, 1.807) is 0 Å². The van der Waals surface area contributed by atoms with Gasteiger partial charge in [0.15, 0.2) is 0 Å². The van der Waals surface area contributed by atoms with Crippen LogP contribution in [-0.4, -0.2) is 36.6 Å². The largest absolute Gasteiger partial charge is 0.310 e. The summed E-state index contributed by atoms with van der Waals surface area (Å²) in [4.78, 5) is 2.50. The standard InChI is InChI=1S/C15H32N2/c1-7-17(8-2)11-13(4)16-14-10-15(5,6)9-12(14)3/h12-14,16H,7-11H2,1-6H3. The topological polar surface area (TPSA) is 15.3 Å². The fourth-order valence-corrected chi connectivity index (χ4v) is 3.40. The van der Waals surface area contributed by atoms with E-state index in [1.807, 2.05) is 0 Å². The fourth-order valence-electron chi connectivity index (χ4n) is 3.40. The van der Waals surface area contributed by atoms with E-state index in [4.69, 9.17) is 0 Å². The van der Waals surface area contributed by atoms with Crippen molar-refractivity contribution in [1.82, 2.24) is 10.2 Å². The Kier molecular flexibility index (Phi) is 5.46. The number of hydrogen-bond donors (Lipinski definition) is 1. The van der Waals surface area contributed by atoms with Crippen molar-refractivity contribution in [2.75, 3.05) is 19.6 Å². The maximum Gasteiger partial charge on any atom is 0.0169 e. The van der Waals surface area contributed by atoms with Crippen molar-refractivity contribution in [3.05, 3.63) is 0 Å². The maximum absolute atomic E-state index is 3.84. The molecule has 102 valence electrons. The van der Waals surface area contributed by atoms with Crippen LogP contribution in [0.1, 0.15) is 54.4 Å². The number of likely N-dealkylation sites (N-methyl/N-ethyl adjacent to an activating group) is 1. The molecule has 1 aliphatic rings. The van der Waals surface area contributed by atoms with Crippen molar-refractivity contribution >= 4 is 0 Å². The highest BCUT2D eigenvalue weighted by atomic mass is 15.1. The zero-order chi connectivity index (χ0) is 13.1. The van der Waals surface area contributed by atoms with Crippen LogP contribution in [-0.2, 0) is 0 Å². The molecule has 0 bridgehead atoms. The highest BCUT2D eigenvalue weighted by Gasteiger charge is 2.36. The number of nitrogens with zero attached hydrogens (tertiary/aromatic N) is 1. The van der Waals surface area contributed by atoms with Crippen LogP contribution in [0.3, 0.4) is 0 Å². The van der Waals surface area contributed by atoms with Crippen LogP contribution in [0.25, 0.3) is 0 Å². The van der Waals surface area contributed by atoms with Crippen molar-refractivity contribution in [1.29, 1.82) is 0 Å². The van der Waals surface area contributed by atoms with Gasteiger partial charge in [-0.25, -0.2) is 0 Å². The van der Waals surface area contributed by atoms with Crippen LogP contribution < -0.4 is 5.32 Å². The maximum atomic E-state index is 3.84. The minimum atomic E-state index is 0.534. The lowest BCUT2D eigenvalue weighted by Crippen LogP contribution is -2.45. The average Bonchev–Trinajstić information content (AvgIpc) is 2.48. The minimum absolute atomic E-state index is 0.534. The highest BCUT2D eigenvalue weighted by Crippen LogP contribution is 2.40. The van der Waals surface area contributed by atoms with Crippen LogP contribution >= 0.6 is 0 Å². The Hall–Kier alpha value is -0.0800. The second-order valence-corrected chi connectivity index (χ2v) is 6.71. The van der Waals surface area contributed by atoms with Gasteiger partial charge < -0.3 is 10.2 Å². The summed E-state index contributed by atoms with van der Waals surface area (Å²) in [7, 11) is 0. The van der Waals surface area contributed by atoms with Gasteiger partial charge in [0.2, 0.25) is 0 Å². The predicted molar refractivity (Wildman–Crippen MR) is 76.4 cm³/mol. The normalized spacial score (nSPS) is 29.8. The highest BCUT2D eigenvalue weighted by molar-refractivity contribution is 4.92. The van der Waals surface area contributed by atoms with Crippen molar-refractivity contribution in [3.8, 4) is 0 Å². The quantitative estimate of drug-likeness (QED) is 0.767. The molecule has 0 aliphatic heterocycles.